The number of nitrogens with one attached hydrogen (secondary N) is 1. The molecule has 1 aliphatic heterocycles. The summed E-state index contributed by atoms with van der Waals surface area (Å²) in [5, 5.41) is 2.42. The first-order valence-electron chi connectivity index (χ1n) is 6.44. The third kappa shape index (κ3) is 1.63. The zero-order chi connectivity index (χ0) is 11.9. The molecule has 1 N–H and O–H groups in total. The molecule has 92 valence electrons. The van der Waals surface area contributed by atoms with Crippen LogP contribution in [-0.2, 0) is 15.9 Å². The van der Waals surface area contributed by atoms with Gasteiger partial charge >= 0.3 is 0 Å². The van der Waals surface area contributed by atoms with E-state index in [1.165, 1.54) is 21.8 Å². The van der Waals surface area contributed by atoms with E-state index in [1.807, 2.05) is 0 Å². The van der Waals surface area contributed by atoms with Gasteiger partial charge in [-0.15, -0.1) is 0 Å². The molecular weight excluding hydrogens is 226 g/mol. The smallest absolute Gasteiger partial charge is 0.125 e. The number of epoxide rings is 1. The average molecular weight is 241 g/mol. The van der Waals surface area contributed by atoms with E-state index < -0.39 is 0 Å². The molecule has 2 heterocycles. The highest BCUT2D eigenvalue weighted by Gasteiger charge is 2.25. The average Bonchev–Trinajstić information content (AvgIpc) is 3.15. The summed E-state index contributed by atoms with van der Waals surface area (Å²) in [4.78, 5) is 3.47. The number of fused-ring (bicyclic) bond motifs is 3. The molecule has 1 aromatic rings. The van der Waals surface area contributed by atoms with Gasteiger partial charge in [0.15, 0.2) is 0 Å². The van der Waals surface area contributed by atoms with Gasteiger partial charge in [-0.05, 0) is 30.6 Å². The molecule has 1 fully saturated rings. The normalized spacial score (nSPS) is 23.3. The molecule has 4 rings (SSSR count). The predicted molar refractivity (Wildman–Crippen MR) is 70.1 cm³/mol. The molecule has 0 radical (unpaired) electrons. The number of hydrogen-bond acceptors (Lipinski definition) is 2. The molecule has 0 aromatic carbocycles. The van der Waals surface area contributed by atoms with Crippen molar-refractivity contribution in [3.8, 4) is 0 Å². The van der Waals surface area contributed by atoms with E-state index in [0.717, 1.165) is 25.2 Å². The first-order chi connectivity index (χ1) is 8.92. The van der Waals surface area contributed by atoms with Crippen LogP contribution in [0.4, 0.5) is 0 Å². The minimum atomic E-state index is 0.307. The Hall–Kier alpha value is -1.74. The van der Waals surface area contributed by atoms with Crippen LogP contribution in [-0.4, -0.2) is 24.3 Å². The molecule has 0 spiro atoms. The maximum absolute atomic E-state index is 5.92. The molecule has 3 nitrogen and oxygen atoms in total. The number of H-pyrrole nitrogens is 1. The zero-order valence-electron chi connectivity index (χ0n) is 10.1. The van der Waals surface area contributed by atoms with Crippen LogP contribution in [0.5, 0.6) is 0 Å². The van der Waals surface area contributed by atoms with E-state index in [0.29, 0.717) is 12.7 Å². The number of aromatic nitrogens is 1. The van der Waals surface area contributed by atoms with Gasteiger partial charge in [0, 0.05) is 16.3 Å². The summed E-state index contributed by atoms with van der Waals surface area (Å²) < 4.78 is 11.1. The summed E-state index contributed by atoms with van der Waals surface area (Å²) in [5.74, 6) is 1.02. The van der Waals surface area contributed by atoms with Crippen molar-refractivity contribution in [3.05, 3.63) is 40.1 Å². The van der Waals surface area contributed by atoms with Crippen LogP contribution in [0, 0.1) is 0 Å². The molecule has 0 bridgehead atoms. The molecule has 18 heavy (non-hydrogen) atoms. The number of aromatic amines is 1. The fourth-order valence-corrected chi connectivity index (χ4v) is 2.58. The Bertz CT molecular complexity index is 659. The van der Waals surface area contributed by atoms with Crippen LogP contribution in [0.25, 0.3) is 17.9 Å². The Kier molecular flexibility index (Phi) is 2.20. The largest absolute Gasteiger partial charge is 0.490 e. The quantitative estimate of drug-likeness (QED) is 0.797. The van der Waals surface area contributed by atoms with Crippen LogP contribution >= 0.6 is 0 Å². The van der Waals surface area contributed by atoms with Crippen LogP contribution < -0.4 is 10.7 Å². The number of hydrogen-bond donors (Lipinski definition) is 1. The molecule has 3 heteroatoms. The number of allylic oxidation sites excluding steroid dienone is 3. The second kappa shape index (κ2) is 3.89. The first-order valence-corrected chi connectivity index (χ1v) is 6.44. The molecule has 1 saturated heterocycles. The lowest BCUT2D eigenvalue weighted by atomic mass is 10.0. The van der Waals surface area contributed by atoms with Gasteiger partial charge in [-0.1, -0.05) is 18.2 Å². The Morgan fingerprint density at radius 1 is 1.33 bits per heavy atom. The van der Waals surface area contributed by atoms with Crippen molar-refractivity contribution >= 4 is 17.9 Å². The third-order valence-electron chi connectivity index (χ3n) is 3.59. The number of rotatable bonds is 3. The molecule has 1 aromatic heterocycles. The summed E-state index contributed by atoms with van der Waals surface area (Å²) in [6.07, 6.45) is 13.0. The van der Waals surface area contributed by atoms with Gasteiger partial charge < -0.3 is 14.5 Å². The second-order valence-electron chi connectivity index (χ2n) is 4.88. The lowest BCUT2D eigenvalue weighted by molar-refractivity contribution is 0.232. The van der Waals surface area contributed by atoms with E-state index in [4.69, 9.17) is 9.47 Å². The summed E-state index contributed by atoms with van der Waals surface area (Å²) in [7, 11) is 0. The molecule has 1 unspecified atom stereocenters. The van der Waals surface area contributed by atoms with Crippen LogP contribution in [0.3, 0.4) is 0 Å². The summed E-state index contributed by atoms with van der Waals surface area (Å²) in [5.41, 5.74) is 2.60. The van der Waals surface area contributed by atoms with Crippen LogP contribution in [0.1, 0.15) is 17.5 Å². The lowest BCUT2D eigenvalue weighted by Gasteiger charge is -2.13. The van der Waals surface area contributed by atoms with Gasteiger partial charge in [-0.3, -0.25) is 0 Å². The highest BCUT2D eigenvalue weighted by molar-refractivity contribution is 5.69. The SMILES string of the molecule is C1=CCc2c3c([nH]c2=C1)=CCC=C3OCC1CO1. The van der Waals surface area contributed by atoms with Gasteiger partial charge in [0.2, 0.25) is 0 Å². The van der Waals surface area contributed by atoms with Crippen LogP contribution in [0.2, 0.25) is 0 Å². The minimum absolute atomic E-state index is 0.307. The molecule has 3 aliphatic rings. The van der Waals surface area contributed by atoms with E-state index in [9.17, 15) is 0 Å². The molecule has 0 saturated carbocycles. The van der Waals surface area contributed by atoms with Crippen molar-refractivity contribution in [2.45, 2.75) is 18.9 Å². The van der Waals surface area contributed by atoms with Gasteiger partial charge in [-0.25, -0.2) is 0 Å². The predicted octanol–water partition coefficient (Wildman–Crippen LogP) is 0.848. The highest BCUT2D eigenvalue weighted by atomic mass is 16.6. The van der Waals surface area contributed by atoms with Crippen molar-refractivity contribution < 1.29 is 9.47 Å². The van der Waals surface area contributed by atoms with Crippen LogP contribution in [0.15, 0.2) is 18.2 Å². The van der Waals surface area contributed by atoms with Gasteiger partial charge in [0.25, 0.3) is 0 Å². The molecule has 0 amide bonds. The summed E-state index contributed by atoms with van der Waals surface area (Å²) in [6, 6.07) is 0. The van der Waals surface area contributed by atoms with E-state index in [2.05, 4.69) is 35.4 Å². The first kappa shape index (κ1) is 10.2. The highest BCUT2D eigenvalue weighted by Crippen LogP contribution is 2.22. The Balaban J connectivity index is 1.75. The van der Waals surface area contributed by atoms with Gasteiger partial charge in [0.05, 0.1) is 6.61 Å². The topological polar surface area (TPSA) is 37.5 Å². The summed E-state index contributed by atoms with van der Waals surface area (Å²) in [6.45, 7) is 1.51. The third-order valence-corrected chi connectivity index (χ3v) is 3.59. The van der Waals surface area contributed by atoms with Gasteiger partial charge in [-0.2, -0.15) is 0 Å². The number of ether oxygens (including phenoxy) is 2. The van der Waals surface area contributed by atoms with Gasteiger partial charge in [0.1, 0.15) is 18.5 Å². The zero-order valence-corrected chi connectivity index (χ0v) is 10.1. The van der Waals surface area contributed by atoms with Crippen molar-refractivity contribution in [1.82, 2.24) is 4.98 Å². The monoisotopic (exact) mass is 241 g/mol. The van der Waals surface area contributed by atoms with Crippen molar-refractivity contribution in [2.24, 2.45) is 0 Å². The summed E-state index contributed by atoms with van der Waals surface area (Å²) >= 11 is 0. The fraction of sp³-hybridized carbons (Fsp3) is 0.333. The van der Waals surface area contributed by atoms with E-state index in [-0.39, 0.29) is 0 Å². The van der Waals surface area contributed by atoms with Crippen molar-refractivity contribution in [2.75, 3.05) is 13.2 Å². The fourth-order valence-electron chi connectivity index (χ4n) is 2.58. The van der Waals surface area contributed by atoms with E-state index in [1.54, 1.807) is 0 Å². The Morgan fingerprint density at radius 2 is 2.28 bits per heavy atom. The standard InChI is InChI=1S/C15H15NO2/c1-2-5-12-11(4-1)15-13(16-12)6-3-7-14(15)18-9-10-8-17-10/h1-2,5-7,10,16H,3-4,8-9H2. The van der Waals surface area contributed by atoms with E-state index >= 15 is 0 Å². The minimum Gasteiger partial charge on any atom is -0.490 e. The molecule has 1 atom stereocenters. The Labute approximate surface area is 105 Å². The molecule has 2 aliphatic carbocycles. The maximum atomic E-state index is 5.92. The molecular formula is C15H15NO2. The maximum Gasteiger partial charge on any atom is 0.125 e. The second-order valence-corrected chi connectivity index (χ2v) is 4.88. The lowest BCUT2D eigenvalue weighted by Crippen LogP contribution is -2.14. The van der Waals surface area contributed by atoms with Crippen molar-refractivity contribution in [3.63, 3.8) is 0 Å². The Morgan fingerprint density at radius 3 is 3.17 bits per heavy atom. The van der Waals surface area contributed by atoms with Crippen molar-refractivity contribution in [1.29, 1.82) is 0 Å².